The van der Waals surface area contributed by atoms with E-state index in [2.05, 4.69) is 0 Å². The van der Waals surface area contributed by atoms with Gasteiger partial charge in [0, 0.05) is 24.4 Å². The van der Waals surface area contributed by atoms with Gasteiger partial charge in [0.25, 0.3) is 11.8 Å². The normalized spacial score (nSPS) is 15.5. The van der Waals surface area contributed by atoms with Gasteiger partial charge in [0.05, 0.1) is 16.8 Å². The second-order valence-electron chi connectivity index (χ2n) is 8.36. The monoisotopic (exact) mass is 431 g/mol. The average molecular weight is 432 g/mol. The summed E-state index contributed by atoms with van der Waals surface area (Å²) in [5.74, 6) is 0.378. The minimum atomic E-state index is -0.507. The van der Waals surface area contributed by atoms with Gasteiger partial charge in [-0.3, -0.25) is 14.6 Å². The SMILES string of the molecule is CC[C@H](Oc1ccccc1C)C(=O)N1CCC(c2nc3ccccc3cc2C(N)=O)CC1. The van der Waals surface area contributed by atoms with Gasteiger partial charge in [-0.25, -0.2) is 0 Å². The van der Waals surface area contributed by atoms with Crippen molar-refractivity contribution in [1.29, 1.82) is 0 Å². The molecule has 1 aromatic heterocycles. The van der Waals surface area contributed by atoms with Crippen LogP contribution in [0.3, 0.4) is 0 Å². The van der Waals surface area contributed by atoms with Crippen LogP contribution in [0.15, 0.2) is 54.6 Å². The minimum Gasteiger partial charge on any atom is -0.480 e. The second-order valence-corrected chi connectivity index (χ2v) is 8.36. The summed E-state index contributed by atoms with van der Waals surface area (Å²) < 4.78 is 6.05. The number of pyridine rings is 1. The molecule has 0 unspecified atom stereocenters. The lowest BCUT2D eigenvalue weighted by Gasteiger charge is -2.34. The molecule has 2 aromatic carbocycles. The topological polar surface area (TPSA) is 85.5 Å². The largest absolute Gasteiger partial charge is 0.480 e. The maximum Gasteiger partial charge on any atom is 0.263 e. The van der Waals surface area contributed by atoms with E-state index in [0.717, 1.165) is 40.8 Å². The molecule has 0 saturated carbocycles. The Morgan fingerprint density at radius 3 is 2.50 bits per heavy atom. The Kier molecular flexibility index (Phi) is 6.40. The average Bonchev–Trinajstić information content (AvgIpc) is 2.82. The molecule has 1 aliphatic heterocycles. The molecular weight excluding hydrogens is 402 g/mol. The van der Waals surface area contributed by atoms with Crippen molar-refractivity contribution in [3.8, 4) is 5.75 Å². The number of nitrogens with zero attached hydrogens (tertiary/aromatic N) is 2. The zero-order valence-corrected chi connectivity index (χ0v) is 18.6. The van der Waals surface area contributed by atoms with Crippen LogP contribution in [0.2, 0.25) is 0 Å². The van der Waals surface area contributed by atoms with E-state index in [9.17, 15) is 9.59 Å². The number of benzene rings is 2. The third kappa shape index (κ3) is 4.44. The van der Waals surface area contributed by atoms with Crippen LogP contribution in [0.25, 0.3) is 10.9 Å². The van der Waals surface area contributed by atoms with E-state index in [1.165, 1.54) is 0 Å². The van der Waals surface area contributed by atoms with Crippen LogP contribution >= 0.6 is 0 Å². The van der Waals surface area contributed by atoms with E-state index >= 15 is 0 Å². The maximum absolute atomic E-state index is 13.1. The Morgan fingerprint density at radius 2 is 1.81 bits per heavy atom. The molecular formula is C26H29N3O3. The van der Waals surface area contributed by atoms with Crippen LogP contribution in [0, 0.1) is 6.92 Å². The van der Waals surface area contributed by atoms with Crippen LogP contribution in [-0.4, -0.2) is 40.9 Å². The van der Waals surface area contributed by atoms with Crippen molar-refractivity contribution >= 4 is 22.7 Å². The number of hydrogen-bond donors (Lipinski definition) is 1. The molecule has 1 aliphatic rings. The first-order valence-electron chi connectivity index (χ1n) is 11.2. The Labute approximate surface area is 188 Å². The molecule has 0 radical (unpaired) electrons. The van der Waals surface area contributed by atoms with Crippen molar-refractivity contribution in [2.45, 2.75) is 45.1 Å². The highest BCUT2D eigenvalue weighted by atomic mass is 16.5. The lowest BCUT2D eigenvalue weighted by Crippen LogP contribution is -2.45. The number of aryl methyl sites for hydroxylation is 1. The number of likely N-dealkylation sites (tertiary alicyclic amines) is 1. The van der Waals surface area contributed by atoms with Crippen molar-refractivity contribution in [3.05, 3.63) is 71.4 Å². The number of fused-ring (bicyclic) bond motifs is 1. The fourth-order valence-corrected chi connectivity index (χ4v) is 4.37. The minimum absolute atomic E-state index is 0.01000. The van der Waals surface area contributed by atoms with E-state index in [1.807, 2.05) is 73.3 Å². The molecule has 166 valence electrons. The first kappa shape index (κ1) is 21.8. The van der Waals surface area contributed by atoms with Crippen LogP contribution < -0.4 is 10.5 Å². The highest BCUT2D eigenvalue weighted by Crippen LogP contribution is 2.31. The van der Waals surface area contributed by atoms with E-state index < -0.39 is 12.0 Å². The fraction of sp³-hybridized carbons (Fsp3) is 0.346. The molecule has 1 saturated heterocycles. The Hall–Kier alpha value is -3.41. The number of rotatable bonds is 6. The number of aromatic nitrogens is 1. The molecule has 2 heterocycles. The van der Waals surface area contributed by atoms with Gasteiger partial charge in [-0.2, -0.15) is 0 Å². The number of carbonyl (C=O) groups is 2. The van der Waals surface area contributed by atoms with E-state index in [1.54, 1.807) is 0 Å². The molecule has 32 heavy (non-hydrogen) atoms. The summed E-state index contributed by atoms with van der Waals surface area (Å²) in [5.41, 5.74) is 8.75. The number of primary amides is 1. The van der Waals surface area contributed by atoms with Gasteiger partial charge in [0.1, 0.15) is 5.75 Å². The number of piperidine rings is 1. The number of ether oxygens (including phenoxy) is 1. The van der Waals surface area contributed by atoms with Crippen molar-refractivity contribution in [3.63, 3.8) is 0 Å². The first-order chi connectivity index (χ1) is 15.5. The lowest BCUT2D eigenvalue weighted by molar-refractivity contribution is -0.140. The molecule has 0 aliphatic carbocycles. The zero-order chi connectivity index (χ0) is 22.7. The van der Waals surface area contributed by atoms with Gasteiger partial charge >= 0.3 is 0 Å². The summed E-state index contributed by atoms with van der Waals surface area (Å²) in [6, 6.07) is 17.3. The summed E-state index contributed by atoms with van der Waals surface area (Å²) in [7, 11) is 0. The zero-order valence-electron chi connectivity index (χ0n) is 18.6. The number of hydrogen-bond acceptors (Lipinski definition) is 4. The van der Waals surface area contributed by atoms with Crippen LogP contribution in [-0.2, 0) is 4.79 Å². The molecule has 1 fully saturated rings. The number of nitrogens with two attached hydrogens (primary N) is 1. The maximum atomic E-state index is 13.1. The van der Waals surface area contributed by atoms with Gasteiger partial charge in [0.15, 0.2) is 6.10 Å². The fourth-order valence-electron chi connectivity index (χ4n) is 4.37. The first-order valence-corrected chi connectivity index (χ1v) is 11.2. The van der Waals surface area contributed by atoms with Gasteiger partial charge in [0.2, 0.25) is 0 Å². The second kappa shape index (κ2) is 9.39. The van der Waals surface area contributed by atoms with Gasteiger partial charge < -0.3 is 15.4 Å². The molecule has 0 bridgehead atoms. The molecule has 1 atom stereocenters. The third-order valence-corrected chi connectivity index (χ3v) is 6.22. The molecule has 0 spiro atoms. The van der Waals surface area contributed by atoms with E-state index in [4.69, 9.17) is 15.5 Å². The number of amides is 2. The quantitative estimate of drug-likeness (QED) is 0.634. The highest BCUT2D eigenvalue weighted by molar-refractivity contribution is 5.97. The summed E-state index contributed by atoms with van der Waals surface area (Å²) in [6.07, 6.45) is 1.56. The van der Waals surface area contributed by atoms with E-state index in [0.29, 0.717) is 25.1 Å². The summed E-state index contributed by atoms with van der Waals surface area (Å²) in [5, 5.41) is 0.900. The van der Waals surface area contributed by atoms with Gasteiger partial charge in [-0.05, 0) is 49.9 Å². The highest BCUT2D eigenvalue weighted by Gasteiger charge is 2.31. The van der Waals surface area contributed by atoms with Crippen molar-refractivity contribution < 1.29 is 14.3 Å². The lowest BCUT2D eigenvalue weighted by atomic mass is 9.89. The Balaban J connectivity index is 1.48. The van der Waals surface area contributed by atoms with Crippen LogP contribution in [0.1, 0.15) is 53.7 Å². The van der Waals surface area contributed by atoms with Gasteiger partial charge in [-0.1, -0.05) is 43.3 Å². The van der Waals surface area contributed by atoms with Crippen LogP contribution in [0.4, 0.5) is 0 Å². The van der Waals surface area contributed by atoms with Crippen molar-refractivity contribution in [2.75, 3.05) is 13.1 Å². The molecule has 4 rings (SSSR count). The predicted molar refractivity (Wildman–Crippen MR) is 125 cm³/mol. The Morgan fingerprint density at radius 1 is 1.12 bits per heavy atom. The molecule has 2 amide bonds. The summed E-state index contributed by atoms with van der Waals surface area (Å²) in [4.78, 5) is 31.9. The number of para-hydroxylation sites is 2. The molecule has 2 N–H and O–H groups in total. The van der Waals surface area contributed by atoms with Gasteiger partial charge in [-0.15, -0.1) is 0 Å². The van der Waals surface area contributed by atoms with E-state index in [-0.39, 0.29) is 11.8 Å². The van der Waals surface area contributed by atoms with Crippen LogP contribution in [0.5, 0.6) is 5.75 Å². The smallest absolute Gasteiger partial charge is 0.263 e. The van der Waals surface area contributed by atoms with Crippen molar-refractivity contribution in [2.24, 2.45) is 5.73 Å². The third-order valence-electron chi connectivity index (χ3n) is 6.22. The number of carbonyl (C=O) groups excluding carboxylic acids is 2. The Bertz CT molecular complexity index is 1140. The summed E-state index contributed by atoms with van der Waals surface area (Å²) in [6.45, 7) is 5.14. The molecule has 6 nitrogen and oxygen atoms in total. The predicted octanol–water partition coefficient (Wildman–Crippen LogP) is 4.21. The van der Waals surface area contributed by atoms with Crippen molar-refractivity contribution in [1.82, 2.24) is 9.88 Å². The summed E-state index contributed by atoms with van der Waals surface area (Å²) >= 11 is 0. The molecule has 6 heteroatoms. The standard InChI is InChI=1S/C26H29N3O3/c1-3-22(32-23-11-7-4-8-17(23)2)26(31)29-14-12-18(13-15-29)24-20(25(27)30)16-19-9-5-6-10-21(19)28-24/h4-11,16,18,22H,3,12-15H2,1-2H3,(H2,27,30)/t22-/m0/s1. The molecule has 3 aromatic rings.